The quantitative estimate of drug-likeness (QED) is 0.712. The van der Waals surface area contributed by atoms with E-state index >= 15 is 0 Å². The van der Waals surface area contributed by atoms with Crippen molar-refractivity contribution in [1.82, 2.24) is 9.97 Å². The van der Waals surface area contributed by atoms with E-state index in [-0.39, 0.29) is 5.91 Å². The van der Waals surface area contributed by atoms with Crippen molar-refractivity contribution in [2.75, 3.05) is 16.8 Å². The number of rotatable bonds is 3. The van der Waals surface area contributed by atoms with Crippen molar-refractivity contribution in [2.45, 2.75) is 19.8 Å². The van der Waals surface area contributed by atoms with E-state index in [1.165, 1.54) is 5.56 Å². The molecule has 0 aliphatic carbocycles. The fourth-order valence-corrected chi connectivity index (χ4v) is 3.41. The molecule has 0 radical (unpaired) electrons. The summed E-state index contributed by atoms with van der Waals surface area (Å²) < 4.78 is 0. The number of hydrogen-bond acceptors (Lipinski definition) is 4. The lowest BCUT2D eigenvalue weighted by molar-refractivity contribution is 0.0980. The number of carbonyl (C=O) groups excluding carboxylic acids is 1. The SMILES string of the molecule is Cc1cc(C(=O)N2CCCc3ccccc32)nc(Nc2ccc(Cl)cc2)n1. The summed E-state index contributed by atoms with van der Waals surface area (Å²) in [7, 11) is 0. The first kappa shape index (κ1) is 17.5. The summed E-state index contributed by atoms with van der Waals surface area (Å²) in [5.41, 5.74) is 4.09. The average Bonchev–Trinajstić information content (AvgIpc) is 2.68. The molecule has 0 atom stereocenters. The van der Waals surface area contributed by atoms with E-state index in [2.05, 4.69) is 21.4 Å². The minimum Gasteiger partial charge on any atom is -0.324 e. The largest absolute Gasteiger partial charge is 0.324 e. The van der Waals surface area contributed by atoms with E-state index < -0.39 is 0 Å². The highest BCUT2D eigenvalue weighted by molar-refractivity contribution is 6.30. The normalized spacial score (nSPS) is 13.2. The van der Waals surface area contributed by atoms with Gasteiger partial charge in [0.15, 0.2) is 0 Å². The van der Waals surface area contributed by atoms with Crippen LogP contribution >= 0.6 is 11.6 Å². The van der Waals surface area contributed by atoms with Crippen molar-refractivity contribution in [3.05, 3.63) is 76.6 Å². The number of carbonyl (C=O) groups is 1. The van der Waals surface area contributed by atoms with Crippen molar-refractivity contribution in [3.8, 4) is 0 Å². The Morgan fingerprint density at radius 2 is 1.89 bits per heavy atom. The fraction of sp³-hybridized carbons (Fsp3) is 0.190. The number of nitrogens with one attached hydrogen (secondary N) is 1. The Balaban J connectivity index is 1.63. The van der Waals surface area contributed by atoms with Crippen LogP contribution in [0.25, 0.3) is 0 Å². The summed E-state index contributed by atoms with van der Waals surface area (Å²) in [4.78, 5) is 23.8. The number of benzene rings is 2. The summed E-state index contributed by atoms with van der Waals surface area (Å²) in [6.45, 7) is 2.55. The molecule has 5 nitrogen and oxygen atoms in total. The van der Waals surface area contributed by atoms with Crippen molar-refractivity contribution in [1.29, 1.82) is 0 Å². The molecule has 1 aliphatic rings. The molecule has 27 heavy (non-hydrogen) atoms. The lowest BCUT2D eigenvalue weighted by Crippen LogP contribution is -2.36. The lowest BCUT2D eigenvalue weighted by atomic mass is 10.0. The highest BCUT2D eigenvalue weighted by Gasteiger charge is 2.24. The molecule has 2 heterocycles. The zero-order valence-corrected chi connectivity index (χ0v) is 15.7. The first-order valence-corrected chi connectivity index (χ1v) is 9.26. The van der Waals surface area contributed by atoms with Crippen LogP contribution in [0, 0.1) is 6.92 Å². The number of para-hydroxylation sites is 1. The second-order valence-electron chi connectivity index (χ2n) is 6.54. The Labute approximate surface area is 163 Å². The molecule has 0 bridgehead atoms. The highest BCUT2D eigenvalue weighted by atomic mass is 35.5. The summed E-state index contributed by atoms with van der Waals surface area (Å²) in [6.07, 6.45) is 1.94. The van der Waals surface area contributed by atoms with Gasteiger partial charge in [-0.15, -0.1) is 0 Å². The molecule has 1 N–H and O–H groups in total. The zero-order chi connectivity index (χ0) is 18.8. The highest BCUT2D eigenvalue weighted by Crippen LogP contribution is 2.28. The van der Waals surface area contributed by atoms with Crippen LogP contribution in [0.5, 0.6) is 0 Å². The third kappa shape index (κ3) is 3.78. The van der Waals surface area contributed by atoms with Crippen molar-refractivity contribution >= 4 is 34.8 Å². The smallest absolute Gasteiger partial charge is 0.277 e. The van der Waals surface area contributed by atoms with E-state index in [1.807, 2.05) is 42.2 Å². The van der Waals surface area contributed by atoms with Crippen molar-refractivity contribution < 1.29 is 4.79 Å². The van der Waals surface area contributed by atoms with E-state index in [1.54, 1.807) is 18.2 Å². The molecule has 2 aromatic carbocycles. The molecule has 0 saturated heterocycles. The Morgan fingerprint density at radius 1 is 1.11 bits per heavy atom. The standard InChI is InChI=1S/C21H19ClN4O/c1-14-13-18(25-21(23-14)24-17-10-8-16(22)9-11-17)20(27)26-12-4-6-15-5-2-3-7-19(15)26/h2-3,5,7-11,13H,4,6,12H2,1H3,(H,23,24,25). The van der Waals surface area contributed by atoms with Crippen molar-refractivity contribution in [2.24, 2.45) is 0 Å². The maximum absolute atomic E-state index is 13.2. The minimum absolute atomic E-state index is 0.105. The molecule has 1 aliphatic heterocycles. The van der Waals surface area contributed by atoms with Crippen molar-refractivity contribution in [3.63, 3.8) is 0 Å². The predicted octanol–water partition coefficient (Wildman–Crippen LogP) is 4.78. The number of nitrogens with zero attached hydrogens (tertiary/aromatic N) is 3. The van der Waals surface area contributed by atoms with E-state index in [9.17, 15) is 4.79 Å². The van der Waals surface area contributed by atoms with Gasteiger partial charge in [-0.2, -0.15) is 0 Å². The average molecular weight is 379 g/mol. The molecule has 4 rings (SSSR count). The van der Waals surface area contributed by atoms with E-state index in [0.717, 1.165) is 29.9 Å². The Kier molecular flexibility index (Phi) is 4.77. The predicted molar refractivity (Wildman–Crippen MR) is 108 cm³/mol. The molecule has 0 fully saturated rings. The zero-order valence-electron chi connectivity index (χ0n) is 14.9. The van der Waals surface area contributed by atoms with Gasteiger partial charge >= 0.3 is 0 Å². The third-order valence-electron chi connectivity index (χ3n) is 4.53. The van der Waals surface area contributed by atoms with Gasteiger partial charge in [-0.3, -0.25) is 4.79 Å². The maximum atomic E-state index is 13.2. The second-order valence-corrected chi connectivity index (χ2v) is 6.98. The minimum atomic E-state index is -0.105. The lowest BCUT2D eigenvalue weighted by Gasteiger charge is -2.29. The topological polar surface area (TPSA) is 58.1 Å². The fourth-order valence-electron chi connectivity index (χ4n) is 3.28. The Morgan fingerprint density at radius 3 is 2.70 bits per heavy atom. The molecule has 0 spiro atoms. The molecule has 1 amide bonds. The molecule has 3 aromatic rings. The van der Waals surface area contributed by atoms with Crippen LogP contribution in [-0.4, -0.2) is 22.4 Å². The third-order valence-corrected chi connectivity index (χ3v) is 4.78. The number of anilines is 3. The first-order chi connectivity index (χ1) is 13.1. The van der Waals surface area contributed by atoms with E-state index in [0.29, 0.717) is 23.2 Å². The van der Waals surface area contributed by atoms with Crippen LogP contribution in [0.4, 0.5) is 17.3 Å². The molecule has 1 aromatic heterocycles. The van der Waals surface area contributed by atoms with Crippen LogP contribution in [-0.2, 0) is 6.42 Å². The van der Waals surface area contributed by atoms with E-state index in [4.69, 9.17) is 11.6 Å². The molecular weight excluding hydrogens is 360 g/mol. The monoisotopic (exact) mass is 378 g/mol. The van der Waals surface area contributed by atoms with Gasteiger partial charge in [-0.1, -0.05) is 29.8 Å². The van der Waals surface area contributed by atoms with Gasteiger partial charge in [-0.25, -0.2) is 9.97 Å². The Hall–Kier alpha value is -2.92. The van der Waals surface area contributed by atoms with Gasteiger partial charge < -0.3 is 10.2 Å². The van der Waals surface area contributed by atoms with Gasteiger partial charge in [-0.05, 0) is 61.7 Å². The summed E-state index contributed by atoms with van der Waals surface area (Å²) >= 11 is 5.92. The number of hydrogen-bond donors (Lipinski definition) is 1. The van der Waals surface area contributed by atoms with Gasteiger partial charge in [0.05, 0.1) is 0 Å². The molecule has 0 saturated carbocycles. The maximum Gasteiger partial charge on any atom is 0.277 e. The number of fused-ring (bicyclic) bond motifs is 1. The molecule has 6 heteroatoms. The van der Waals surface area contributed by atoms with Crippen LogP contribution in [0.15, 0.2) is 54.6 Å². The molecular formula is C21H19ClN4O. The second kappa shape index (κ2) is 7.37. The number of aryl methyl sites for hydroxylation is 2. The van der Waals surface area contributed by atoms with Crippen LogP contribution in [0.1, 0.15) is 28.2 Å². The summed E-state index contributed by atoms with van der Waals surface area (Å²) in [6, 6.07) is 17.0. The molecule has 0 unspecified atom stereocenters. The van der Waals surface area contributed by atoms with Crippen LogP contribution in [0.2, 0.25) is 5.02 Å². The number of halogens is 1. The van der Waals surface area contributed by atoms with Gasteiger partial charge in [0.25, 0.3) is 5.91 Å². The molecule has 136 valence electrons. The number of aromatic nitrogens is 2. The van der Waals surface area contributed by atoms with Gasteiger partial charge in [0.2, 0.25) is 5.95 Å². The van der Waals surface area contributed by atoms with Crippen LogP contribution in [0.3, 0.4) is 0 Å². The summed E-state index contributed by atoms with van der Waals surface area (Å²) in [5.74, 6) is 0.290. The van der Waals surface area contributed by atoms with Crippen LogP contribution < -0.4 is 10.2 Å². The first-order valence-electron chi connectivity index (χ1n) is 8.88. The Bertz CT molecular complexity index is 988. The summed E-state index contributed by atoms with van der Waals surface area (Å²) in [5, 5.41) is 3.80. The number of amides is 1. The van der Waals surface area contributed by atoms with Gasteiger partial charge in [0, 0.05) is 28.6 Å². The van der Waals surface area contributed by atoms with Gasteiger partial charge in [0.1, 0.15) is 5.69 Å².